The van der Waals surface area contributed by atoms with Crippen molar-refractivity contribution in [3.8, 4) is 45.5 Å². The Kier molecular flexibility index (Phi) is 4.86. The van der Waals surface area contributed by atoms with Crippen LogP contribution in [-0.2, 0) is 0 Å². The summed E-state index contributed by atoms with van der Waals surface area (Å²) in [7, 11) is 1.66. The second kappa shape index (κ2) is 7.77. The third-order valence-electron chi connectivity index (χ3n) is 4.63. The Morgan fingerprint density at radius 1 is 0.679 bits per heavy atom. The standard InChI is InChI=1S/C25H18N2O/c1-28-23-13-11-21(12-14-23)25-16-22(19-9-7-18(17-26)8-10-19)15-24(27-25)20-5-3-2-4-6-20/h2-16H,1H3. The number of nitriles is 1. The van der Waals surface area contributed by atoms with Gasteiger partial charge in [-0.3, -0.25) is 0 Å². The minimum Gasteiger partial charge on any atom is -0.497 e. The number of benzene rings is 3. The molecule has 3 heteroatoms. The summed E-state index contributed by atoms with van der Waals surface area (Å²) in [4.78, 5) is 4.90. The molecule has 0 spiro atoms. The minimum atomic E-state index is 0.650. The molecule has 28 heavy (non-hydrogen) atoms. The first-order valence-corrected chi connectivity index (χ1v) is 8.99. The van der Waals surface area contributed by atoms with Crippen molar-refractivity contribution in [3.05, 3.63) is 96.6 Å². The number of methoxy groups -OCH3 is 1. The summed E-state index contributed by atoms with van der Waals surface area (Å²) < 4.78 is 5.27. The second-order valence-electron chi connectivity index (χ2n) is 6.41. The third-order valence-corrected chi connectivity index (χ3v) is 4.63. The maximum absolute atomic E-state index is 9.06. The van der Waals surface area contributed by atoms with Gasteiger partial charge < -0.3 is 4.74 Å². The van der Waals surface area contributed by atoms with Crippen LogP contribution >= 0.6 is 0 Å². The van der Waals surface area contributed by atoms with E-state index in [1.54, 1.807) is 7.11 Å². The van der Waals surface area contributed by atoms with E-state index in [-0.39, 0.29) is 0 Å². The molecule has 0 fully saturated rings. The minimum absolute atomic E-state index is 0.650. The monoisotopic (exact) mass is 362 g/mol. The van der Waals surface area contributed by atoms with Gasteiger partial charge in [0.05, 0.1) is 30.1 Å². The summed E-state index contributed by atoms with van der Waals surface area (Å²) in [5.74, 6) is 0.815. The van der Waals surface area contributed by atoms with Gasteiger partial charge in [-0.15, -0.1) is 0 Å². The number of pyridine rings is 1. The summed E-state index contributed by atoms with van der Waals surface area (Å²) in [6.45, 7) is 0. The summed E-state index contributed by atoms with van der Waals surface area (Å²) in [5, 5.41) is 9.06. The molecular weight excluding hydrogens is 344 g/mol. The Balaban J connectivity index is 1.86. The lowest BCUT2D eigenvalue weighted by molar-refractivity contribution is 0.415. The van der Waals surface area contributed by atoms with E-state index >= 15 is 0 Å². The Labute approximate surface area is 164 Å². The van der Waals surface area contributed by atoms with Crippen LogP contribution in [0.4, 0.5) is 0 Å². The fourth-order valence-corrected chi connectivity index (χ4v) is 3.10. The van der Waals surface area contributed by atoms with Gasteiger partial charge in [0.15, 0.2) is 0 Å². The van der Waals surface area contributed by atoms with Gasteiger partial charge in [-0.05, 0) is 59.7 Å². The van der Waals surface area contributed by atoms with Gasteiger partial charge in [0, 0.05) is 11.1 Å². The van der Waals surface area contributed by atoms with Crippen LogP contribution in [0.3, 0.4) is 0 Å². The molecule has 1 heterocycles. The largest absolute Gasteiger partial charge is 0.497 e. The zero-order valence-electron chi connectivity index (χ0n) is 15.5. The van der Waals surface area contributed by atoms with Gasteiger partial charge in [-0.2, -0.15) is 5.26 Å². The molecule has 0 aliphatic rings. The summed E-state index contributed by atoms with van der Waals surface area (Å²) in [5.41, 5.74) is 6.65. The summed E-state index contributed by atoms with van der Waals surface area (Å²) in [6, 6.07) is 32.0. The smallest absolute Gasteiger partial charge is 0.118 e. The van der Waals surface area contributed by atoms with Crippen LogP contribution < -0.4 is 4.74 Å². The maximum Gasteiger partial charge on any atom is 0.118 e. The van der Waals surface area contributed by atoms with Crippen molar-refractivity contribution in [2.24, 2.45) is 0 Å². The highest BCUT2D eigenvalue weighted by atomic mass is 16.5. The first-order valence-electron chi connectivity index (χ1n) is 8.99. The highest BCUT2D eigenvalue weighted by Crippen LogP contribution is 2.31. The predicted molar refractivity (Wildman–Crippen MR) is 112 cm³/mol. The lowest BCUT2D eigenvalue weighted by Gasteiger charge is -2.11. The number of nitrogens with zero attached hydrogens (tertiary/aromatic N) is 2. The van der Waals surface area contributed by atoms with E-state index in [9.17, 15) is 0 Å². The summed E-state index contributed by atoms with van der Waals surface area (Å²) in [6.07, 6.45) is 0. The molecule has 4 aromatic rings. The van der Waals surface area contributed by atoms with Crippen LogP contribution in [-0.4, -0.2) is 12.1 Å². The molecule has 0 N–H and O–H groups in total. The van der Waals surface area contributed by atoms with Gasteiger partial charge in [0.25, 0.3) is 0 Å². The van der Waals surface area contributed by atoms with E-state index < -0.39 is 0 Å². The average Bonchev–Trinajstić information content (AvgIpc) is 2.79. The van der Waals surface area contributed by atoms with Crippen molar-refractivity contribution < 1.29 is 4.74 Å². The van der Waals surface area contributed by atoms with Crippen LogP contribution in [0.1, 0.15) is 5.56 Å². The van der Waals surface area contributed by atoms with Crippen molar-refractivity contribution >= 4 is 0 Å². The molecule has 1 aromatic heterocycles. The van der Waals surface area contributed by atoms with Crippen molar-refractivity contribution in [2.45, 2.75) is 0 Å². The van der Waals surface area contributed by atoms with Gasteiger partial charge >= 0.3 is 0 Å². The molecule has 0 unspecified atom stereocenters. The quantitative estimate of drug-likeness (QED) is 0.450. The number of hydrogen-bond acceptors (Lipinski definition) is 3. The van der Waals surface area contributed by atoms with Crippen molar-refractivity contribution in [1.29, 1.82) is 5.26 Å². The Morgan fingerprint density at radius 2 is 1.25 bits per heavy atom. The van der Waals surface area contributed by atoms with E-state index in [1.807, 2.05) is 66.7 Å². The van der Waals surface area contributed by atoms with Gasteiger partial charge in [0.2, 0.25) is 0 Å². The second-order valence-corrected chi connectivity index (χ2v) is 6.41. The number of rotatable bonds is 4. The molecule has 0 aliphatic carbocycles. The highest BCUT2D eigenvalue weighted by Gasteiger charge is 2.09. The maximum atomic E-state index is 9.06. The van der Waals surface area contributed by atoms with Crippen LogP contribution in [0.15, 0.2) is 91.0 Å². The fraction of sp³-hybridized carbons (Fsp3) is 0.0400. The Hall–Kier alpha value is -3.90. The lowest BCUT2D eigenvalue weighted by Crippen LogP contribution is -1.91. The number of hydrogen-bond donors (Lipinski definition) is 0. The van der Waals surface area contributed by atoms with E-state index in [2.05, 4.69) is 30.3 Å². The van der Waals surface area contributed by atoms with E-state index in [0.717, 1.165) is 39.4 Å². The average molecular weight is 362 g/mol. The molecule has 0 aliphatic heterocycles. The fourth-order valence-electron chi connectivity index (χ4n) is 3.10. The van der Waals surface area contributed by atoms with E-state index in [1.165, 1.54) is 0 Å². The molecule has 3 nitrogen and oxygen atoms in total. The zero-order chi connectivity index (χ0) is 19.3. The normalized spacial score (nSPS) is 10.3. The van der Waals surface area contributed by atoms with Crippen molar-refractivity contribution in [3.63, 3.8) is 0 Å². The molecule has 4 rings (SSSR count). The van der Waals surface area contributed by atoms with Crippen LogP contribution in [0.25, 0.3) is 33.6 Å². The van der Waals surface area contributed by atoms with Crippen molar-refractivity contribution in [2.75, 3.05) is 7.11 Å². The molecule has 0 radical (unpaired) electrons. The van der Waals surface area contributed by atoms with Crippen LogP contribution in [0.5, 0.6) is 5.75 Å². The van der Waals surface area contributed by atoms with Gasteiger partial charge in [-0.1, -0.05) is 42.5 Å². The Bertz CT molecular complexity index is 1130. The molecule has 3 aromatic carbocycles. The SMILES string of the molecule is COc1ccc(-c2cc(-c3ccc(C#N)cc3)cc(-c3ccccc3)n2)cc1. The first-order chi connectivity index (χ1) is 13.8. The predicted octanol–water partition coefficient (Wildman–Crippen LogP) is 5.96. The first kappa shape index (κ1) is 17.5. The lowest BCUT2D eigenvalue weighted by atomic mass is 9.99. The number of ether oxygens (including phenoxy) is 1. The molecular formula is C25H18N2O. The molecule has 0 bridgehead atoms. The van der Waals surface area contributed by atoms with E-state index in [0.29, 0.717) is 5.56 Å². The van der Waals surface area contributed by atoms with Crippen LogP contribution in [0, 0.1) is 11.3 Å². The Morgan fingerprint density at radius 3 is 1.82 bits per heavy atom. The number of aromatic nitrogens is 1. The molecule has 0 atom stereocenters. The molecule has 0 saturated carbocycles. The van der Waals surface area contributed by atoms with E-state index in [4.69, 9.17) is 15.0 Å². The highest BCUT2D eigenvalue weighted by molar-refractivity contribution is 5.76. The summed E-state index contributed by atoms with van der Waals surface area (Å²) >= 11 is 0. The van der Waals surface area contributed by atoms with Crippen LogP contribution in [0.2, 0.25) is 0 Å². The van der Waals surface area contributed by atoms with Crippen molar-refractivity contribution in [1.82, 2.24) is 4.98 Å². The molecule has 134 valence electrons. The third kappa shape index (κ3) is 3.62. The molecule has 0 amide bonds. The topological polar surface area (TPSA) is 45.9 Å². The van der Waals surface area contributed by atoms with Gasteiger partial charge in [0.1, 0.15) is 5.75 Å². The van der Waals surface area contributed by atoms with Gasteiger partial charge in [-0.25, -0.2) is 4.98 Å². The molecule has 0 saturated heterocycles. The zero-order valence-corrected chi connectivity index (χ0v) is 15.5.